The van der Waals surface area contributed by atoms with E-state index >= 15 is 0 Å². The van der Waals surface area contributed by atoms with Crippen LogP contribution in [0.4, 0.5) is 4.39 Å². The van der Waals surface area contributed by atoms with E-state index in [0.29, 0.717) is 11.3 Å². The highest BCUT2D eigenvalue weighted by atomic mass is 19.1. The van der Waals surface area contributed by atoms with Crippen LogP contribution in [0.3, 0.4) is 0 Å². The van der Waals surface area contributed by atoms with Gasteiger partial charge in [0.1, 0.15) is 11.6 Å². The first-order valence-electron chi connectivity index (χ1n) is 5.08. The summed E-state index contributed by atoms with van der Waals surface area (Å²) in [5, 5.41) is 9.30. The molecule has 1 saturated carbocycles. The molecule has 2 nitrogen and oxygen atoms in total. The molecule has 1 aliphatic rings. The van der Waals surface area contributed by atoms with Gasteiger partial charge in [-0.1, -0.05) is 0 Å². The number of aliphatic hydroxyl groups is 1. The average molecular weight is 210 g/mol. The number of halogens is 1. The van der Waals surface area contributed by atoms with E-state index in [9.17, 15) is 9.50 Å². The van der Waals surface area contributed by atoms with Crippen molar-refractivity contribution < 1.29 is 14.2 Å². The fourth-order valence-electron chi connectivity index (χ4n) is 2.02. The van der Waals surface area contributed by atoms with Gasteiger partial charge in [0.25, 0.3) is 0 Å². The number of hydrogen-bond donors (Lipinski definition) is 1. The Kier molecular flexibility index (Phi) is 2.43. The smallest absolute Gasteiger partial charge is 0.131 e. The van der Waals surface area contributed by atoms with Gasteiger partial charge in [-0.2, -0.15) is 0 Å². The summed E-state index contributed by atoms with van der Waals surface area (Å²) in [6.07, 6.45) is 1.67. The van der Waals surface area contributed by atoms with E-state index in [2.05, 4.69) is 0 Å². The highest BCUT2D eigenvalue weighted by Crippen LogP contribution is 2.51. The maximum atomic E-state index is 13.8. The van der Waals surface area contributed by atoms with Crippen molar-refractivity contribution in [2.75, 3.05) is 13.7 Å². The molecule has 0 spiro atoms. The summed E-state index contributed by atoms with van der Waals surface area (Å²) >= 11 is 0. The Balaban J connectivity index is 2.54. The SMILES string of the molecule is COc1cc(C)cc(F)c1C1(CO)CC1. The molecule has 0 saturated heterocycles. The zero-order valence-corrected chi connectivity index (χ0v) is 9.01. The minimum absolute atomic E-state index is 0.0106. The van der Waals surface area contributed by atoms with Crippen molar-refractivity contribution in [1.29, 1.82) is 0 Å². The molecule has 1 fully saturated rings. The second-order valence-corrected chi connectivity index (χ2v) is 4.26. The van der Waals surface area contributed by atoms with Gasteiger partial charge < -0.3 is 9.84 Å². The van der Waals surface area contributed by atoms with Gasteiger partial charge in [0.15, 0.2) is 0 Å². The van der Waals surface area contributed by atoms with Crippen LogP contribution in [0.1, 0.15) is 24.0 Å². The van der Waals surface area contributed by atoms with Crippen LogP contribution in [0, 0.1) is 12.7 Å². The van der Waals surface area contributed by atoms with Crippen LogP contribution >= 0.6 is 0 Å². The Morgan fingerprint density at radius 3 is 2.60 bits per heavy atom. The number of aryl methyl sites for hydroxylation is 1. The molecular formula is C12H15FO2. The first-order valence-corrected chi connectivity index (χ1v) is 5.08. The first-order chi connectivity index (χ1) is 7.13. The van der Waals surface area contributed by atoms with Crippen LogP contribution in [-0.4, -0.2) is 18.8 Å². The lowest BCUT2D eigenvalue weighted by Crippen LogP contribution is -2.15. The van der Waals surface area contributed by atoms with Gasteiger partial charge in [-0.25, -0.2) is 4.39 Å². The summed E-state index contributed by atoms with van der Waals surface area (Å²) in [6, 6.07) is 3.31. The summed E-state index contributed by atoms with van der Waals surface area (Å²) in [4.78, 5) is 0. The highest BCUT2D eigenvalue weighted by molar-refractivity contribution is 5.46. The van der Waals surface area contributed by atoms with Gasteiger partial charge in [0, 0.05) is 11.0 Å². The van der Waals surface area contributed by atoms with Crippen molar-refractivity contribution in [3.8, 4) is 5.75 Å². The van der Waals surface area contributed by atoms with Crippen molar-refractivity contribution in [3.63, 3.8) is 0 Å². The second-order valence-electron chi connectivity index (χ2n) is 4.26. The summed E-state index contributed by atoms with van der Waals surface area (Å²) in [5.41, 5.74) is 0.989. The van der Waals surface area contributed by atoms with Crippen molar-refractivity contribution in [1.82, 2.24) is 0 Å². The van der Waals surface area contributed by atoms with Gasteiger partial charge >= 0.3 is 0 Å². The number of aliphatic hydroxyl groups excluding tert-OH is 1. The molecule has 0 amide bonds. The zero-order chi connectivity index (χ0) is 11.1. The summed E-state index contributed by atoms with van der Waals surface area (Å²) in [6.45, 7) is 1.82. The van der Waals surface area contributed by atoms with Gasteiger partial charge in [-0.15, -0.1) is 0 Å². The quantitative estimate of drug-likeness (QED) is 0.828. The normalized spacial score (nSPS) is 17.6. The first kappa shape index (κ1) is 10.4. The van der Waals surface area contributed by atoms with Crippen LogP contribution in [0.15, 0.2) is 12.1 Å². The fraction of sp³-hybridized carbons (Fsp3) is 0.500. The lowest BCUT2D eigenvalue weighted by atomic mass is 9.94. The van der Waals surface area contributed by atoms with E-state index in [1.165, 1.54) is 13.2 Å². The molecule has 82 valence electrons. The number of methoxy groups -OCH3 is 1. The van der Waals surface area contributed by atoms with E-state index in [1.807, 2.05) is 13.0 Å². The van der Waals surface area contributed by atoms with Crippen LogP contribution in [0.2, 0.25) is 0 Å². The largest absolute Gasteiger partial charge is 0.496 e. The fourth-order valence-corrected chi connectivity index (χ4v) is 2.02. The van der Waals surface area contributed by atoms with Gasteiger partial charge in [0.05, 0.1) is 13.7 Å². The molecule has 0 atom stereocenters. The van der Waals surface area contributed by atoms with E-state index in [1.54, 1.807) is 0 Å². The molecule has 15 heavy (non-hydrogen) atoms. The molecule has 1 aromatic carbocycles. The maximum absolute atomic E-state index is 13.8. The van der Waals surface area contributed by atoms with Gasteiger partial charge in [-0.3, -0.25) is 0 Å². The van der Waals surface area contributed by atoms with Gasteiger partial charge in [-0.05, 0) is 37.5 Å². The molecule has 0 bridgehead atoms. The number of rotatable bonds is 3. The third-order valence-electron chi connectivity index (χ3n) is 3.10. The Hall–Kier alpha value is -1.09. The average Bonchev–Trinajstić information content (AvgIpc) is 2.97. The van der Waals surface area contributed by atoms with E-state index in [4.69, 9.17) is 4.74 Å². The van der Waals surface area contributed by atoms with Crippen LogP contribution < -0.4 is 4.74 Å². The molecule has 0 heterocycles. The second kappa shape index (κ2) is 3.49. The van der Waals surface area contributed by atoms with E-state index in [0.717, 1.165) is 18.4 Å². The summed E-state index contributed by atoms with van der Waals surface area (Å²) < 4.78 is 19.0. The predicted octanol–water partition coefficient (Wildman–Crippen LogP) is 2.17. The topological polar surface area (TPSA) is 29.5 Å². The van der Waals surface area contributed by atoms with Crippen molar-refractivity contribution >= 4 is 0 Å². The van der Waals surface area contributed by atoms with E-state index in [-0.39, 0.29) is 17.8 Å². The standard InChI is InChI=1S/C12H15FO2/c1-8-5-9(13)11(10(6-8)15-2)12(7-14)3-4-12/h5-6,14H,3-4,7H2,1-2H3. The predicted molar refractivity (Wildman–Crippen MR) is 55.7 cm³/mol. The Bertz CT molecular complexity index is 383. The van der Waals surface area contributed by atoms with E-state index < -0.39 is 0 Å². The summed E-state index contributed by atoms with van der Waals surface area (Å²) in [7, 11) is 1.53. The Morgan fingerprint density at radius 1 is 1.47 bits per heavy atom. The molecular weight excluding hydrogens is 195 g/mol. The van der Waals surface area contributed by atoms with Crippen LogP contribution in [-0.2, 0) is 5.41 Å². The molecule has 1 N–H and O–H groups in total. The highest BCUT2D eigenvalue weighted by Gasteiger charge is 2.47. The van der Waals surface area contributed by atoms with Crippen molar-refractivity contribution in [2.45, 2.75) is 25.2 Å². The number of hydrogen-bond acceptors (Lipinski definition) is 2. The third-order valence-corrected chi connectivity index (χ3v) is 3.10. The minimum atomic E-state index is -0.386. The maximum Gasteiger partial charge on any atom is 0.131 e. The molecule has 1 aromatic rings. The Labute approximate surface area is 88.7 Å². The lowest BCUT2D eigenvalue weighted by molar-refractivity contribution is 0.248. The number of benzene rings is 1. The van der Waals surface area contributed by atoms with Crippen molar-refractivity contribution in [3.05, 3.63) is 29.1 Å². The van der Waals surface area contributed by atoms with Crippen LogP contribution in [0.5, 0.6) is 5.75 Å². The third kappa shape index (κ3) is 1.61. The monoisotopic (exact) mass is 210 g/mol. The van der Waals surface area contributed by atoms with Gasteiger partial charge in [0.2, 0.25) is 0 Å². The molecule has 3 heteroatoms. The molecule has 0 aromatic heterocycles. The minimum Gasteiger partial charge on any atom is -0.496 e. The number of ether oxygens (including phenoxy) is 1. The molecule has 1 aliphatic carbocycles. The molecule has 2 rings (SSSR count). The van der Waals surface area contributed by atoms with Crippen molar-refractivity contribution in [2.24, 2.45) is 0 Å². The Morgan fingerprint density at radius 2 is 2.13 bits per heavy atom. The summed E-state index contributed by atoms with van der Waals surface area (Å²) in [5.74, 6) is 0.289. The molecule has 0 radical (unpaired) electrons. The molecule has 0 aliphatic heterocycles. The molecule has 0 unspecified atom stereocenters. The van der Waals surface area contributed by atoms with Crippen LogP contribution in [0.25, 0.3) is 0 Å². The lowest BCUT2D eigenvalue weighted by Gasteiger charge is -2.17. The zero-order valence-electron chi connectivity index (χ0n) is 9.01.